The number of hydrogen-bond donors (Lipinski definition) is 2. The molecule has 0 bridgehead atoms. The highest BCUT2D eigenvalue weighted by molar-refractivity contribution is 7.93. The zero-order valence-corrected chi connectivity index (χ0v) is 10.2. The molecule has 0 radical (unpaired) electrons. The van der Waals surface area contributed by atoms with Crippen LogP contribution in [0.15, 0.2) is 12.1 Å². The second kappa shape index (κ2) is 4.47. The Morgan fingerprint density at radius 2 is 2.00 bits per heavy atom. The summed E-state index contributed by atoms with van der Waals surface area (Å²) in [5.74, 6) is -1.32. The molecular formula is C9H11ClFNO3S. The van der Waals surface area contributed by atoms with E-state index in [1.165, 1.54) is 13.8 Å². The fraction of sp³-hybridized carbons (Fsp3) is 0.333. The Balaban J connectivity index is 3.13. The number of hydrogen-bond acceptors (Lipinski definition) is 3. The highest BCUT2D eigenvalue weighted by Crippen LogP contribution is 2.30. The van der Waals surface area contributed by atoms with Gasteiger partial charge in [-0.1, -0.05) is 11.6 Å². The van der Waals surface area contributed by atoms with Gasteiger partial charge in [0.05, 0.1) is 16.0 Å². The molecule has 1 aromatic rings. The van der Waals surface area contributed by atoms with Crippen LogP contribution in [0.3, 0.4) is 0 Å². The molecule has 0 saturated heterocycles. The minimum absolute atomic E-state index is 0.139. The molecule has 0 aromatic heterocycles. The first-order valence-electron chi connectivity index (χ1n) is 4.43. The molecule has 7 heteroatoms. The topological polar surface area (TPSA) is 66.4 Å². The van der Waals surface area contributed by atoms with Crippen LogP contribution in [0, 0.1) is 5.82 Å². The van der Waals surface area contributed by atoms with Crippen LogP contribution in [-0.2, 0) is 10.0 Å². The van der Waals surface area contributed by atoms with Gasteiger partial charge in [-0.05, 0) is 19.9 Å². The molecule has 0 aliphatic carbocycles. The second-order valence-electron chi connectivity index (χ2n) is 3.48. The third-order valence-corrected chi connectivity index (χ3v) is 3.95. The molecule has 4 nitrogen and oxygen atoms in total. The van der Waals surface area contributed by atoms with E-state index in [2.05, 4.69) is 4.72 Å². The van der Waals surface area contributed by atoms with Gasteiger partial charge in [-0.3, -0.25) is 4.72 Å². The van der Waals surface area contributed by atoms with Gasteiger partial charge in [0, 0.05) is 6.07 Å². The van der Waals surface area contributed by atoms with Crippen LogP contribution in [0.25, 0.3) is 0 Å². The van der Waals surface area contributed by atoms with E-state index in [0.717, 1.165) is 12.1 Å². The lowest BCUT2D eigenvalue weighted by Gasteiger charge is -2.12. The van der Waals surface area contributed by atoms with Gasteiger partial charge in [0.2, 0.25) is 10.0 Å². The van der Waals surface area contributed by atoms with E-state index in [1.807, 2.05) is 0 Å². The molecule has 0 saturated carbocycles. The Morgan fingerprint density at radius 3 is 2.50 bits per heavy atom. The average molecular weight is 268 g/mol. The Kier molecular flexibility index (Phi) is 3.64. The first kappa shape index (κ1) is 13.1. The van der Waals surface area contributed by atoms with Crippen molar-refractivity contribution in [3.05, 3.63) is 23.0 Å². The molecule has 0 heterocycles. The molecule has 90 valence electrons. The normalized spacial score (nSPS) is 11.8. The van der Waals surface area contributed by atoms with Gasteiger partial charge in [-0.15, -0.1) is 0 Å². The maximum absolute atomic E-state index is 12.9. The number of phenols is 1. The zero-order valence-electron chi connectivity index (χ0n) is 8.66. The van der Waals surface area contributed by atoms with E-state index >= 15 is 0 Å². The van der Waals surface area contributed by atoms with Gasteiger partial charge in [-0.2, -0.15) is 0 Å². The van der Waals surface area contributed by atoms with Crippen molar-refractivity contribution in [1.29, 1.82) is 0 Å². The molecule has 0 fully saturated rings. The standard InChI is InChI=1S/C9H11ClFNO3S/c1-5(2)16(14,15)12-8-3-6(10)7(11)4-9(8)13/h3-5,12-13H,1-2H3. The summed E-state index contributed by atoms with van der Waals surface area (Å²) in [6.07, 6.45) is 0. The SMILES string of the molecule is CC(C)S(=O)(=O)Nc1cc(Cl)c(F)cc1O. The zero-order chi connectivity index (χ0) is 12.5. The lowest BCUT2D eigenvalue weighted by molar-refractivity contribution is 0.471. The van der Waals surface area contributed by atoms with E-state index in [1.54, 1.807) is 0 Å². The second-order valence-corrected chi connectivity index (χ2v) is 6.12. The molecule has 1 rings (SSSR count). The minimum atomic E-state index is -3.59. The number of sulfonamides is 1. The molecule has 1 aromatic carbocycles. The van der Waals surface area contributed by atoms with Crippen molar-refractivity contribution in [2.24, 2.45) is 0 Å². The quantitative estimate of drug-likeness (QED) is 0.826. The van der Waals surface area contributed by atoms with E-state index in [9.17, 15) is 17.9 Å². The molecule has 0 aliphatic heterocycles. The van der Waals surface area contributed by atoms with Crippen molar-refractivity contribution in [2.75, 3.05) is 4.72 Å². The highest BCUT2D eigenvalue weighted by Gasteiger charge is 2.18. The Hall–Kier alpha value is -1.01. The summed E-state index contributed by atoms with van der Waals surface area (Å²) in [5.41, 5.74) is -0.139. The van der Waals surface area contributed by atoms with Crippen LogP contribution < -0.4 is 4.72 Å². The van der Waals surface area contributed by atoms with Crippen LogP contribution in [0.5, 0.6) is 5.75 Å². The summed E-state index contributed by atoms with van der Waals surface area (Å²) >= 11 is 5.47. The van der Waals surface area contributed by atoms with Crippen molar-refractivity contribution in [1.82, 2.24) is 0 Å². The Bertz CT molecular complexity index is 502. The molecule has 0 aliphatic rings. The number of halogens is 2. The summed E-state index contributed by atoms with van der Waals surface area (Å²) in [6, 6.07) is 1.77. The van der Waals surface area contributed by atoms with Crippen molar-refractivity contribution < 1.29 is 17.9 Å². The summed E-state index contributed by atoms with van der Waals surface area (Å²) in [5, 5.41) is 8.40. The summed E-state index contributed by atoms with van der Waals surface area (Å²) in [6.45, 7) is 2.95. The fourth-order valence-electron chi connectivity index (χ4n) is 0.889. The van der Waals surface area contributed by atoms with E-state index in [0.29, 0.717) is 0 Å². The minimum Gasteiger partial charge on any atom is -0.506 e. The van der Waals surface area contributed by atoms with E-state index < -0.39 is 26.8 Å². The molecule has 0 atom stereocenters. The monoisotopic (exact) mass is 267 g/mol. The summed E-state index contributed by atoms with van der Waals surface area (Å²) < 4.78 is 38.0. The Labute approximate surface area is 98.1 Å². The van der Waals surface area contributed by atoms with Crippen LogP contribution in [0.2, 0.25) is 5.02 Å². The van der Waals surface area contributed by atoms with Gasteiger partial charge < -0.3 is 5.11 Å². The highest BCUT2D eigenvalue weighted by atomic mass is 35.5. The maximum Gasteiger partial charge on any atom is 0.235 e. The van der Waals surface area contributed by atoms with Gasteiger partial charge >= 0.3 is 0 Å². The molecular weight excluding hydrogens is 257 g/mol. The largest absolute Gasteiger partial charge is 0.506 e. The van der Waals surface area contributed by atoms with E-state index in [4.69, 9.17) is 11.6 Å². The van der Waals surface area contributed by atoms with Gasteiger partial charge in [-0.25, -0.2) is 12.8 Å². The summed E-state index contributed by atoms with van der Waals surface area (Å²) in [7, 11) is -3.59. The smallest absolute Gasteiger partial charge is 0.235 e. The van der Waals surface area contributed by atoms with Crippen molar-refractivity contribution in [3.63, 3.8) is 0 Å². The molecule has 0 spiro atoms. The molecule has 16 heavy (non-hydrogen) atoms. The van der Waals surface area contributed by atoms with Crippen molar-refractivity contribution in [3.8, 4) is 5.75 Å². The van der Waals surface area contributed by atoms with Crippen LogP contribution in [0.4, 0.5) is 10.1 Å². The Morgan fingerprint density at radius 1 is 1.44 bits per heavy atom. The first-order chi connectivity index (χ1) is 7.24. The number of aromatic hydroxyl groups is 1. The van der Waals surface area contributed by atoms with Crippen LogP contribution >= 0.6 is 11.6 Å². The number of rotatable bonds is 3. The molecule has 0 amide bonds. The van der Waals surface area contributed by atoms with Crippen molar-refractivity contribution >= 4 is 27.3 Å². The van der Waals surface area contributed by atoms with Crippen LogP contribution in [0.1, 0.15) is 13.8 Å². The fourth-order valence-corrected chi connectivity index (χ4v) is 1.76. The summed E-state index contributed by atoms with van der Waals surface area (Å²) in [4.78, 5) is 0. The number of phenolic OH excluding ortho intramolecular Hbond substituents is 1. The average Bonchev–Trinajstić information content (AvgIpc) is 2.13. The maximum atomic E-state index is 12.9. The predicted molar refractivity (Wildman–Crippen MR) is 60.8 cm³/mol. The third kappa shape index (κ3) is 2.76. The third-order valence-electron chi connectivity index (χ3n) is 1.91. The lowest BCUT2D eigenvalue weighted by atomic mass is 10.3. The predicted octanol–water partition coefficient (Wildman–Crippen LogP) is 2.33. The molecule has 2 N–H and O–H groups in total. The number of anilines is 1. The number of benzene rings is 1. The number of nitrogens with one attached hydrogen (secondary N) is 1. The van der Waals surface area contributed by atoms with Gasteiger partial charge in [0.15, 0.2) is 0 Å². The molecule has 0 unspecified atom stereocenters. The van der Waals surface area contributed by atoms with Gasteiger partial charge in [0.25, 0.3) is 0 Å². The van der Waals surface area contributed by atoms with Crippen molar-refractivity contribution in [2.45, 2.75) is 19.1 Å². The van der Waals surface area contributed by atoms with E-state index in [-0.39, 0.29) is 10.7 Å². The van der Waals surface area contributed by atoms with Gasteiger partial charge in [0.1, 0.15) is 11.6 Å². The first-order valence-corrected chi connectivity index (χ1v) is 6.36. The van der Waals surface area contributed by atoms with Crippen LogP contribution in [-0.4, -0.2) is 18.8 Å². The lowest BCUT2D eigenvalue weighted by Crippen LogP contribution is -2.22.